The maximum atomic E-state index is 12.4. The van der Waals surface area contributed by atoms with E-state index >= 15 is 0 Å². The van der Waals surface area contributed by atoms with E-state index in [0.717, 1.165) is 12.1 Å². The van der Waals surface area contributed by atoms with E-state index in [9.17, 15) is 4.79 Å². The summed E-state index contributed by atoms with van der Waals surface area (Å²) < 4.78 is 1.72. The Labute approximate surface area is 123 Å². The lowest BCUT2D eigenvalue weighted by molar-refractivity contribution is 0.103. The second-order valence-electron chi connectivity index (χ2n) is 4.89. The fourth-order valence-electron chi connectivity index (χ4n) is 2.22. The van der Waals surface area contributed by atoms with Gasteiger partial charge in [-0.05, 0) is 24.1 Å². The van der Waals surface area contributed by atoms with Crippen molar-refractivity contribution < 1.29 is 4.79 Å². The molecule has 0 fully saturated rings. The fraction of sp³-hybridized carbons (Fsp3) is 0.111. The zero-order valence-electron chi connectivity index (χ0n) is 11.9. The molecule has 3 heteroatoms. The summed E-state index contributed by atoms with van der Waals surface area (Å²) in [7, 11) is 0. The van der Waals surface area contributed by atoms with Gasteiger partial charge in [0.2, 0.25) is 0 Å². The number of carbonyl (C=O) groups excluding carboxylic acids is 1. The van der Waals surface area contributed by atoms with Crippen LogP contribution in [0.3, 0.4) is 0 Å². The van der Waals surface area contributed by atoms with Crippen molar-refractivity contribution in [3.05, 3.63) is 83.7 Å². The molecule has 3 rings (SSSR count). The molecule has 104 valence electrons. The van der Waals surface area contributed by atoms with Crippen LogP contribution in [0.5, 0.6) is 0 Å². The van der Waals surface area contributed by atoms with Crippen molar-refractivity contribution in [1.29, 1.82) is 0 Å². The number of nitrogens with zero attached hydrogens (tertiary/aromatic N) is 2. The molecule has 3 aromatic rings. The number of rotatable bonds is 4. The average Bonchev–Trinajstić information content (AvgIpc) is 3.05. The normalized spacial score (nSPS) is 10.5. The van der Waals surface area contributed by atoms with E-state index in [1.54, 1.807) is 17.1 Å². The minimum Gasteiger partial charge on any atom is -0.288 e. The molecule has 0 unspecified atom stereocenters. The number of hydrogen-bond donors (Lipinski definition) is 0. The molecule has 0 aliphatic rings. The Kier molecular flexibility index (Phi) is 3.65. The maximum absolute atomic E-state index is 12.4. The van der Waals surface area contributed by atoms with Gasteiger partial charge in [0.05, 0.1) is 17.4 Å². The Hall–Kier alpha value is -2.68. The largest absolute Gasteiger partial charge is 0.288 e. The summed E-state index contributed by atoms with van der Waals surface area (Å²) in [5.41, 5.74) is 3.47. The third-order valence-electron chi connectivity index (χ3n) is 3.49. The highest BCUT2D eigenvalue weighted by Gasteiger charge is 2.11. The van der Waals surface area contributed by atoms with Gasteiger partial charge < -0.3 is 0 Å². The third-order valence-corrected chi connectivity index (χ3v) is 3.49. The Morgan fingerprint density at radius 2 is 1.71 bits per heavy atom. The molecule has 1 aromatic heterocycles. The predicted molar refractivity (Wildman–Crippen MR) is 82.8 cm³/mol. The van der Waals surface area contributed by atoms with Crippen molar-refractivity contribution in [2.45, 2.75) is 13.3 Å². The van der Waals surface area contributed by atoms with E-state index in [1.807, 2.05) is 54.6 Å². The molecule has 0 spiro atoms. The van der Waals surface area contributed by atoms with E-state index < -0.39 is 0 Å². The average molecular weight is 276 g/mol. The molecule has 1 heterocycles. The number of ketones is 1. The van der Waals surface area contributed by atoms with Crippen molar-refractivity contribution in [3.63, 3.8) is 0 Å². The van der Waals surface area contributed by atoms with E-state index in [1.165, 1.54) is 5.56 Å². The number of carbonyl (C=O) groups is 1. The molecule has 0 saturated heterocycles. The van der Waals surface area contributed by atoms with E-state index in [0.29, 0.717) is 11.1 Å². The van der Waals surface area contributed by atoms with Crippen molar-refractivity contribution in [3.8, 4) is 5.69 Å². The van der Waals surface area contributed by atoms with Crippen molar-refractivity contribution in [2.24, 2.45) is 0 Å². The van der Waals surface area contributed by atoms with Crippen LogP contribution in [0.1, 0.15) is 28.4 Å². The van der Waals surface area contributed by atoms with Gasteiger partial charge in [0, 0.05) is 11.8 Å². The Bertz CT molecular complexity index is 742. The highest BCUT2D eigenvalue weighted by atomic mass is 16.1. The van der Waals surface area contributed by atoms with E-state index in [-0.39, 0.29) is 5.78 Å². The fourth-order valence-corrected chi connectivity index (χ4v) is 2.22. The summed E-state index contributed by atoms with van der Waals surface area (Å²) in [4.78, 5) is 12.4. The Morgan fingerprint density at radius 1 is 1.00 bits per heavy atom. The first-order valence-corrected chi connectivity index (χ1v) is 7.01. The van der Waals surface area contributed by atoms with Gasteiger partial charge in [-0.15, -0.1) is 0 Å². The highest BCUT2D eigenvalue weighted by molar-refractivity contribution is 6.08. The lowest BCUT2D eigenvalue weighted by Gasteiger charge is -2.01. The van der Waals surface area contributed by atoms with Crippen LogP contribution in [0.15, 0.2) is 67.0 Å². The Morgan fingerprint density at radius 3 is 2.38 bits per heavy atom. The minimum absolute atomic E-state index is 0.000154. The number of benzene rings is 2. The van der Waals surface area contributed by atoms with Crippen molar-refractivity contribution >= 4 is 5.78 Å². The van der Waals surface area contributed by atoms with Crippen LogP contribution in [-0.2, 0) is 6.42 Å². The van der Waals surface area contributed by atoms with Gasteiger partial charge in [-0.1, -0.05) is 49.4 Å². The highest BCUT2D eigenvalue weighted by Crippen LogP contribution is 2.13. The van der Waals surface area contributed by atoms with Crippen LogP contribution < -0.4 is 0 Å². The second-order valence-corrected chi connectivity index (χ2v) is 4.89. The first-order valence-electron chi connectivity index (χ1n) is 7.01. The Balaban J connectivity index is 1.87. The molecular formula is C18H16N2O. The van der Waals surface area contributed by atoms with Gasteiger partial charge in [0.1, 0.15) is 0 Å². The van der Waals surface area contributed by atoms with Gasteiger partial charge >= 0.3 is 0 Å². The second kappa shape index (κ2) is 5.75. The lowest BCUT2D eigenvalue weighted by atomic mass is 10.0. The smallest absolute Gasteiger partial charge is 0.196 e. The standard InChI is InChI=1S/C18H16N2O/c1-2-14-8-10-15(11-9-14)18(21)16-12-19-20(13-16)17-6-4-3-5-7-17/h3-13H,2H2,1H3. The number of aryl methyl sites for hydroxylation is 1. The summed E-state index contributed by atoms with van der Waals surface area (Å²) in [6.07, 6.45) is 4.36. The van der Waals surface area contributed by atoms with Crippen LogP contribution in [0.4, 0.5) is 0 Å². The molecule has 0 bridgehead atoms. The SMILES string of the molecule is CCc1ccc(C(=O)c2cnn(-c3ccccc3)c2)cc1. The minimum atomic E-state index is -0.000154. The predicted octanol–water partition coefficient (Wildman–Crippen LogP) is 3.67. The molecule has 0 N–H and O–H groups in total. The van der Waals surface area contributed by atoms with Gasteiger partial charge in [-0.25, -0.2) is 4.68 Å². The quantitative estimate of drug-likeness (QED) is 0.681. The lowest BCUT2D eigenvalue weighted by Crippen LogP contribution is -2.00. The third kappa shape index (κ3) is 2.77. The van der Waals surface area contributed by atoms with Gasteiger partial charge in [0.25, 0.3) is 0 Å². The van der Waals surface area contributed by atoms with E-state index in [4.69, 9.17) is 0 Å². The topological polar surface area (TPSA) is 34.9 Å². The zero-order valence-corrected chi connectivity index (χ0v) is 11.9. The first kappa shape index (κ1) is 13.3. The maximum Gasteiger partial charge on any atom is 0.196 e. The van der Waals surface area contributed by atoms with Crippen LogP contribution >= 0.6 is 0 Å². The first-order chi connectivity index (χ1) is 10.3. The van der Waals surface area contributed by atoms with Crippen LogP contribution in [-0.4, -0.2) is 15.6 Å². The van der Waals surface area contributed by atoms with Crippen LogP contribution in [0, 0.1) is 0 Å². The molecular weight excluding hydrogens is 260 g/mol. The summed E-state index contributed by atoms with van der Waals surface area (Å²) in [6.45, 7) is 2.10. The summed E-state index contributed by atoms with van der Waals surface area (Å²) in [5, 5.41) is 4.26. The summed E-state index contributed by atoms with van der Waals surface area (Å²) >= 11 is 0. The number of aromatic nitrogens is 2. The molecule has 0 amide bonds. The number of para-hydroxylation sites is 1. The van der Waals surface area contributed by atoms with Gasteiger partial charge in [0.15, 0.2) is 5.78 Å². The molecule has 0 aliphatic heterocycles. The van der Waals surface area contributed by atoms with Crippen LogP contribution in [0.2, 0.25) is 0 Å². The molecule has 2 aromatic carbocycles. The number of hydrogen-bond acceptors (Lipinski definition) is 2. The van der Waals surface area contributed by atoms with Crippen molar-refractivity contribution in [2.75, 3.05) is 0 Å². The molecule has 0 atom stereocenters. The molecule has 0 saturated carbocycles. The molecule has 21 heavy (non-hydrogen) atoms. The molecule has 0 aliphatic carbocycles. The zero-order chi connectivity index (χ0) is 14.7. The molecule has 3 nitrogen and oxygen atoms in total. The van der Waals surface area contributed by atoms with E-state index in [2.05, 4.69) is 12.0 Å². The van der Waals surface area contributed by atoms with Gasteiger partial charge in [-0.2, -0.15) is 5.10 Å². The molecule has 0 radical (unpaired) electrons. The van der Waals surface area contributed by atoms with Gasteiger partial charge in [-0.3, -0.25) is 4.79 Å². The summed E-state index contributed by atoms with van der Waals surface area (Å²) in [5.74, 6) is -0.000154. The van der Waals surface area contributed by atoms with Crippen molar-refractivity contribution in [1.82, 2.24) is 9.78 Å². The summed E-state index contributed by atoms with van der Waals surface area (Å²) in [6, 6.07) is 17.5. The monoisotopic (exact) mass is 276 g/mol. The van der Waals surface area contributed by atoms with Crippen LogP contribution in [0.25, 0.3) is 5.69 Å².